The molecule has 3 unspecified atom stereocenters. The van der Waals surface area contributed by atoms with Crippen LogP contribution in [0.2, 0.25) is 0 Å². The molecule has 0 radical (unpaired) electrons. The fraction of sp³-hybridized carbons (Fsp3) is 0.130. The molecule has 2 heterocycles. The molecule has 0 spiro atoms. The van der Waals surface area contributed by atoms with E-state index in [0.717, 1.165) is 68.4 Å². The van der Waals surface area contributed by atoms with Crippen LogP contribution in [0, 0.1) is 5.92 Å². The Kier molecular flexibility index (Phi) is 8.67. The lowest BCUT2D eigenvalue weighted by Gasteiger charge is -2.29. The van der Waals surface area contributed by atoms with Crippen LogP contribution in [0.5, 0.6) is 0 Å². The summed E-state index contributed by atoms with van der Waals surface area (Å²) in [6.45, 7) is 4.20. The summed E-state index contributed by atoms with van der Waals surface area (Å²) in [6, 6.07) is 45.9. The zero-order chi connectivity index (χ0) is 33.9. The standard InChI is InChI=1S/C46H40N4/c1-31-26-32(2)48-45(47-31)39-24-22-36(23-25-39)41-27-40(35-20-18-34(19-21-35)33-12-6-3-7-13-33)28-42(29-41)46-49-43(37-14-8-4-9-15-37)30-44(50-46)38-16-10-5-11-17-38/h3-16,18-31,38,44H,17H2,1-2H3,(H,47,48)(H,49,50). The SMILES string of the molecule is CC1=CC(C)NC(c2ccc(-c3cc(C4=NC(c5ccccc5)=CC(C5C=CC=CC5)N4)cc(-c4ccc(-c5ccccc5)cc4)c3)cc2)=N1. The highest BCUT2D eigenvalue weighted by atomic mass is 15.1. The number of nitrogens with one attached hydrogen (secondary N) is 2. The summed E-state index contributed by atoms with van der Waals surface area (Å²) >= 11 is 0. The van der Waals surface area contributed by atoms with Gasteiger partial charge in [0.25, 0.3) is 0 Å². The van der Waals surface area contributed by atoms with Crippen LogP contribution in [0.3, 0.4) is 0 Å². The van der Waals surface area contributed by atoms with E-state index < -0.39 is 0 Å². The second-order valence-corrected chi connectivity index (χ2v) is 13.3. The van der Waals surface area contributed by atoms with E-state index in [-0.39, 0.29) is 12.1 Å². The van der Waals surface area contributed by atoms with Crippen molar-refractivity contribution in [2.45, 2.75) is 32.4 Å². The smallest absolute Gasteiger partial charge is 0.134 e. The summed E-state index contributed by atoms with van der Waals surface area (Å²) in [5, 5.41) is 7.35. The lowest BCUT2D eigenvalue weighted by molar-refractivity contribution is 0.535. The first kappa shape index (κ1) is 31.3. The van der Waals surface area contributed by atoms with Crippen LogP contribution in [0.4, 0.5) is 0 Å². The Labute approximate surface area is 295 Å². The zero-order valence-electron chi connectivity index (χ0n) is 28.4. The second kappa shape index (κ2) is 13.9. The van der Waals surface area contributed by atoms with Gasteiger partial charge >= 0.3 is 0 Å². The monoisotopic (exact) mass is 648 g/mol. The van der Waals surface area contributed by atoms with Gasteiger partial charge in [0.15, 0.2) is 0 Å². The number of aliphatic imine (C=N–C) groups is 2. The van der Waals surface area contributed by atoms with Crippen molar-refractivity contribution in [3.8, 4) is 33.4 Å². The predicted molar refractivity (Wildman–Crippen MR) is 210 cm³/mol. The average Bonchev–Trinajstić information content (AvgIpc) is 3.18. The number of allylic oxidation sites excluding steroid dienone is 4. The number of hydrogen-bond acceptors (Lipinski definition) is 4. The van der Waals surface area contributed by atoms with Gasteiger partial charge in [0.2, 0.25) is 0 Å². The van der Waals surface area contributed by atoms with Crippen molar-refractivity contribution < 1.29 is 0 Å². The Hall–Kier alpha value is -6.00. The van der Waals surface area contributed by atoms with Crippen molar-refractivity contribution in [2.75, 3.05) is 0 Å². The van der Waals surface area contributed by atoms with Gasteiger partial charge < -0.3 is 10.6 Å². The van der Waals surface area contributed by atoms with E-state index in [1.165, 1.54) is 11.1 Å². The minimum atomic E-state index is 0.110. The van der Waals surface area contributed by atoms with E-state index in [1.54, 1.807) is 0 Å². The molecule has 0 saturated heterocycles. The number of hydrogen-bond donors (Lipinski definition) is 2. The summed E-state index contributed by atoms with van der Waals surface area (Å²) in [7, 11) is 0. The maximum Gasteiger partial charge on any atom is 0.134 e. The normalized spacial score (nSPS) is 19.8. The minimum absolute atomic E-state index is 0.110. The van der Waals surface area contributed by atoms with Gasteiger partial charge in [0, 0.05) is 28.8 Å². The van der Waals surface area contributed by atoms with Crippen molar-refractivity contribution >= 4 is 17.4 Å². The Morgan fingerprint density at radius 3 is 1.66 bits per heavy atom. The summed E-state index contributed by atoms with van der Waals surface area (Å²) in [5.74, 6) is 2.13. The molecule has 2 N–H and O–H groups in total. The van der Waals surface area contributed by atoms with Gasteiger partial charge in [-0.15, -0.1) is 0 Å². The number of rotatable bonds is 7. The van der Waals surface area contributed by atoms with Crippen molar-refractivity contribution in [1.82, 2.24) is 10.6 Å². The molecule has 3 aliphatic rings. The first-order valence-electron chi connectivity index (χ1n) is 17.5. The molecule has 244 valence electrons. The van der Waals surface area contributed by atoms with E-state index in [1.807, 2.05) is 0 Å². The maximum absolute atomic E-state index is 5.28. The molecule has 5 aromatic carbocycles. The third-order valence-corrected chi connectivity index (χ3v) is 9.58. The molecule has 0 saturated carbocycles. The predicted octanol–water partition coefficient (Wildman–Crippen LogP) is 10.2. The van der Waals surface area contributed by atoms with E-state index in [0.29, 0.717) is 5.92 Å². The second-order valence-electron chi connectivity index (χ2n) is 13.3. The highest BCUT2D eigenvalue weighted by Gasteiger charge is 2.25. The Morgan fingerprint density at radius 2 is 1.06 bits per heavy atom. The maximum atomic E-state index is 5.28. The zero-order valence-corrected chi connectivity index (χ0v) is 28.4. The minimum Gasteiger partial charge on any atom is -0.364 e. The van der Waals surface area contributed by atoms with Crippen LogP contribution < -0.4 is 10.6 Å². The summed E-state index contributed by atoms with van der Waals surface area (Å²) in [6.07, 6.45) is 14.3. The third-order valence-electron chi connectivity index (χ3n) is 9.58. The van der Waals surface area contributed by atoms with E-state index >= 15 is 0 Å². The van der Waals surface area contributed by atoms with Gasteiger partial charge in [0.1, 0.15) is 11.7 Å². The molecule has 0 aromatic heterocycles. The van der Waals surface area contributed by atoms with Crippen molar-refractivity contribution in [3.63, 3.8) is 0 Å². The van der Waals surface area contributed by atoms with Gasteiger partial charge in [-0.1, -0.05) is 133 Å². The highest BCUT2D eigenvalue weighted by Crippen LogP contribution is 2.33. The summed E-state index contributed by atoms with van der Waals surface area (Å²) < 4.78 is 0. The first-order chi connectivity index (χ1) is 24.6. The number of amidine groups is 2. The summed E-state index contributed by atoms with van der Waals surface area (Å²) in [4.78, 5) is 10.0. The molecule has 1 aliphatic carbocycles. The van der Waals surface area contributed by atoms with Gasteiger partial charge in [0.05, 0.1) is 11.7 Å². The van der Waals surface area contributed by atoms with Gasteiger partial charge in [-0.05, 0) is 89.6 Å². The van der Waals surface area contributed by atoms with Crippen LogP contribution in [-0.2, 0) is 0 Å². The molecule has 50 heavy (non-hydrogen) atoms. The molecule has 2 aliphatic heterocycles. The lowest BCUT2D eigenvalue weighted by atomic mass is 9.89. The van der Waals surface area contributed by atoms with E-state index in [2.05, 4.69) is 188 Å². The number of benzene rings is 5. The highest BCUT2D eigenvalue weighted by molar-refractivity contribution is 6.05. The summed E-state index contributed by atoms with van der Waals surface area (Å²) in [5.41, 5.74) is 12.3. The average molecular weight is 649 g/mol. The Morgan fingerprint density at radius 1 is 0.520 bits per heavy atom. The molecule has 0 bridgehead atoms. The molecular formula is C46H40N4. The molecule has 5 aromatic rings. The van der Waals surface area contributed by atoms with Crippen LogP contribution in [-0.4, -0.2) is 23.8 Å². The van der Waals surface area contributed by atoms with Crippen molar-refractivity contribution in [3.05, 3.63) is 186 Å². The molecule has 0 amide bonds. The first-order valence-corrected chi connectivity index (χ1v) is 17.5. The quantitative estimate of drug-likeness (QED) is 0.185. The fourth-order valence-corrected chi connectivity index (χ4v) is 6.99. The van der Waals surface area contributed by atoms with E-state index in [4.69, 9.17) is 9.98 Å². The topological polar surface area (TPSA) is 48.8 Å². The number of nitrogens with zero attached hydrogens (tertiary/aromatic N) is 2. The van der Waals surface area contributed by atoms with E-state index in [9.17, 15) is 0 Å². The van der Waals surface area contributed by atoms with Crippen LogP contribution >= 0.6 is 0 Å². The molecular weight excluding hydrogens is 609 g/mol. The Bertz CT molecular complexity index is 2180. The van der Waals surface area contributed by atoms with Crippen LogP contribution in [0.25, 0.3) is 39.1 Å². The molecule has 4 heteroatoms. The molecule has 8 rings (SSSR count). The van der Waals surface area contributed by atoms with Gasteiger partial charge in [-0.25, -0.2) is 9.98 Å². The van der Waals surface area contributed by atoms with Crippen molar-refractivity contribution in [1.29, 1.82) is 0 Å². The van der Waals surface area contributed by atoms with Crippen molar-refractivity contribution in [2.24, 2.45) is 15.9 Å². The molecule has 0 fully saturated rings. The molecule has 3 atom stereocenters. The van der Waals surface area contributed by atoms with Gasteiger partial charge in [-0.2, -0.15) is 0 Å². The fourth-order valence-electron chi connectivity index (χ4n) is 6.99. The van der Waals surface area contributed by atoms with Gasteiger partial charge in [-0.3, -0.25) is 0 Å². The third kappa shape index (κ3) is 6.79. The molecule has 4 nitrogen and oxygen atoms in total. The lowest BCUT2D eigenvalue weighted by Crippen LogP contribution is -2.41. The van der Waals surface area contributed by atoms with Crippen LogP contribution in [0.15, 0.2) is 180 Å². The largest absolute Gasteiger partial charge is 0.364 e. The Balaban J connectivity index is 1.21. The van der Waals surface area contributed by atoms with Crippen LogP contribution in [0.1, 0.15) is 37.0 Å².